The number of fused-ring (bicyclic) bond motifs is 1. The van der Waals surface area contributed by atoms with Gasteiger partial charge in [-0.05, 0) is 69.3 Å². The molecule has 17 heteroatoms. The van der Waals surface area contributed by atoms with Crippen LogP contribution >= 0.6 is 11.6 Å². The number of hydrogen-bond donors (Lipinski definition) is 1. The Morgan fingerprint density at radius 1 is 0.811 bits per heavy atom. The number of aromatic nitrogens is 7. The number of pyridine rings is 3. The predicted octanol–water partition coefficient (Wildman–Crippen LogP) is 8.06. The smallest absolute Gasteiger partial charge is 0.750 e. The summed E-state index contributed by atoms with van der Waals surface area (Å²) in [7, 11) is 0. The molecule has 2 N–H and O–H groups in total. The van der Waals surface area contributed by atoms with Gasteiger partial charge in [0, 0.05) is 18.9 Å². The van der Waals surface area contributed by atoms with Crippen LogP contribution in [0, 0.1) is 12.3 Å². The molecule has 5 aromatic rings. The zero-order chi connectivity index (χ0) is 39.2. The van der Waals surface area contributed by atoms with Crippen molar-refractivity contribution < 1.29 is 47.2 Å². The first-order chi connectivity index (χ1) is 23.9. The molecule has 1 atom stereocenters. The number of nitrogen functional groups attached to an aromatic ring is 1. The molecule has 0 aliphatic rings. The van der Waals surface area contributed by atoms with Gasteiger partial charge in [0.25, 0.3) is 0 Å². The number of alkyl halides is 3. The Hall–Kier alpha value is -3.80. The van der Waals surface area contributed by atoms with Gasteiger partial charge in [-0.3, -0.25) is 9.97 Å². The molecular weight excluding hydrogens is 912 g/mol. The van der Waals surface area contributed by atoms with Crippen LogP contribution in [0.4, 0.5) is 19.1 Å². The van der Waals surface area contributed by atoms with Gasteiger partial charge < -0.3 is 27.2 Å². The maximum Gasteiger partial charge on any atom is 2.00 e. The first-order valence-corrected chi connectivity index (χ1v) is 17.1. The van der Waals surface area contributed by atoms with Gasteiger partial charge in [-0.15, -0.1) is 13.2 Å². The van der Waals surface area contributed by atoms with E-state index in [-0.39, 0.29) is 55.0 Å². The van der Waals surface area contributed by atoms with E-state index in [2.05, 4.69) is 134 Å². The fraction of sp³-hybridized carbons (Fsp3) is 0.389. The van der Waals surface area contributed by atoms with Crippen LogP contribution in [0.15, 0.2) is 55.1 Å². The fourth-order valence-corrected chi connectivity index (χ4v) is 4.88. The Bertz CT molecular complexity index is 2010. The molecule has 0 spiro atoms. The number of imidazole rings is 1. The van der Waals surface area contributed by atoms with Crippen LogP contribution in [-0.2, 0) is 59.4 Å². The first-order valence-electron chi connectivity index (χ1n) is 15.7. The number of nitrogens with zero attached hydrogens (tertiary/aromatic N) is 7. The maximum atomic E-state index is 10.7. The third-order valence-electron chi connectivity index (χ3n) is 7.32. The Morgan fingerprint density at radius 2 is 1.26 bits per heavy atom. The topological polar surface area (TPSA) is 158 Å². The molecule has 0 saturated carbocycles. The van der Waals surface area contributed by atoms with E-state index in [4.69, 9.17) is 37.5 Å². The average molecular weight is 952 g/mol. The van der Waals surface area contributed by atoms with E-state index < -0.39 is 17.7 Å². The third kappa shape index (κ3) is 13.5. The predicted molar refractivity (Wildman–Crippen MR) is 195 cm³/mol. The number of nitrogens with two attached hydrogens (primary N) is 1. The molecule has 286 valence electrons. The quantitative estimate of drug-likeness (QED) is 0.0809. The van der Waals surface area contributed by atoms with Gasteiger partial charge in [-0.1, -0.05) is 73.9 Å². The molecule has 11 nitrogen and oxygen atoms in total. The molecule has 5 rings (SSSR count). The summed E-state index contributed by atoms with van der Waals surface area (Å²) in [6, 6.07) is 12.9. The van der Waals surface area contributed by atoms with E-state index in [0.717, 1.165) is 22.8 Å². The SMILES string of the molecule is CC(C)(C)c1ccnc(-c2cc(C(C)(C)C)cc(-c3cc(C(C)(C)C)ccn3)n2)c1.O=S([O-])OC(F)(F)F.[C-]#CCn1cnc2c(Cl)nc(N)nc21.[Pt+2]. The standard InChI is InChI=1S/C27H35N3.C8H5ClN5.CHF3O3S.Pt/c1-25(2,3)18-10-12-28-21(14-18)23-16-20(27(7,8)9)17-24(30-23)22-15-19(11-13-29-22)26(4,5)6;1-2-3-14-4-11-5-6(9)12-8(10)13-7(5)14;2-1(3,4)7-8(5)6;/h10-17H,1-9H3;4H,3H2,(H2,10,12,13);(H,5,6);/q;-1;;+2/p-1. The van der Waals surface area contributed by atoms with E-state index >= 15 is 0 Å². The molecule has 0 amide bonds. The minimum atomic E-state index is -5.09. The summed E-state index contributed by atoms with van der Waals surface area (Å²) in [4.78, 5) is 26.1. The van der Waals surface area contributed by atoms with Crippen molar-refractivity contribution in [2.45, 2.75) is 91.5 Å². The van der Waals surface area contributed by atoms with Gasteiger partial charge in [0.1, 0.15) is 5.52 Å². The molecule has 0 bridgehead atoms. The zero-order valence-electron chi connectivity index (χ0n) is 30.6. The summed E-state index contributed by atoms with van der Waals surface area (Å²) in [5.41, 5.74) is 13.9. The average Bonchev–Trinajstić information content (AvgIpc) is 3.42. The summed E-state index contributed by atoms with van der Waals surface area (Å²) in [5.74, 6) is 2.32. The van der Waals surface area contributed by atoms with E-state index in [9.17, 15) is 13.2 Å². The van der Waals surface area contributed by atoms with Crippen LogP contribution in [0.25, 0.3) is 33.9 Å². The number of rotatable bonds is 4. The van der Waals surface area contributed by atoms with E-state index in [0.29, 0.717) is 11.2 Å². The van der Waals surface area contributed by atoms with Crippen LogP contribution < -0.4 is 5.73 Å². The van der Waals surface area contributed by atoms with Gasteiger partial charge >= 0.3 is 27.4 Å². The molecule has 1 unspecified atom stereocenters. The molecule has 0 fully saturated rings. The van der Waals surface area contributed by atoms with E-state index in [1.165, 1.54) is 23.0 Å². The minimum Gasteiger partial charge on any atom is -0.750 e. The molecule has 0 aliphatic carbocycles. The van der Waals surface area contributed by atoms with E-state index in [1.807, 2.05) is 12.4 Å². The van der Waals surface area contributed by atoms with Crippen molar-refractivity contribution in [3.8, 4) is 28.7 Å². The van der Waals surface area contributed by atoms with Gasteiger partial charge in [0.05, 0.1) is 40.5 Å². The van der Waals surface area contributed by atoms with Crippen molar-refractivity contribution in [1.82, 2.24) is 34.5 Å². The van der Waals surface area contributed by atoms with Crippen LogP contribution in [0.3, 0.4) is 0 Å². The zero-order valence-corrected chi connectivity index (χ0v) is 34.4. The third-order valence-corrected chi connectivity index (χ3v) is 7.91. The summed E-state index contributed by atoms with van der Waals surface area (Å²) < 4.78 is 54.2. The van der Waals surface area contributed by atoms with Crippen LogP contribution in [-0.4, -0.2) is 49.6 Å². The Balaban J connectivity index is 0.000000348. The second kappa shape index (κ2) is 18.0. The molecule has 5 heterocycles. The largest absolute Gasteiger partial charge is 2.00 e. The van der Waals surface area contributed by atoms with Crippen molar-refractivity contribution >= 4 is 40.1 Å². The molecule has 0 aromatic carbocycles. The molecule has 0 saturated heterocycles. The van der Waals surface area contributed by atoms with Gasteiger partial charge in [0.15, 0.2) is 10.8 Å². The fourth-order valence-electron chi connectivity index (χ4n) is 4.50. The van der Waals surface area contributed by atoms with Crippen molar-refractivity contribution in [3.05, 3.63) is 83.4 Å². The van der Waals surface area contributed by atoms with Crippen LogP contribution in [0.5, 0.6) is 0 Å². The molecule has 0 radical (unpaired) electrons. The van der Waals surface area contributed by atoms with Crippen molar-refractivity contribution in [2.24, 2.45) is 0 Å². The minimum absolute atomic E-state index is 0. The molecular formula is C36H40ClF3N8O3PtS. The van der Waals surface area contributed by atoms with E-state index in [1.54, 1.807) is 4.57 Å². The second-order valence-corrected chi connectivity index (χ2v) is 15.5. The first kappa shape index (κ1) is 45.4. The summed E-state index contributed by atoms with van der Waals surface area (Å²) in [6.07, 6.45) is 7.06. The summed E-state index contributed by atoms with van der Waals surface area (Å²) in [5, 5.41) is 0.219. The Morgan fingerprint density at radius 3 is 1.64 bits per heavy atom. The Labute approximate surface area is 329 Å². The molecule has 0 aliphatic heterocycles. The van der Waals surface area contributed by atoms with Crippen LogP contribution in [0.2, 0.25) is 5.15 Å². The number of halogens is 4. The second-order valence-electron chi connectivity index (χ2n) is 14.6. The summed E-state index contributed by atoms with van der Waals surface area (Å²) >= 11 is 2.29. The van der Waals surface area contributed by atoms with Crippen molar-refractivity contribution in [2.75, 3.05) is 5.73 Å². The van der Waals surface area contributed by atoms with Gasteiger partial charge in [-0.25, -0.2) is 18.4 Å². The number of anilines is 1. The van der Waals surface area contributed by atoms with Gasteiger partial charge in [-0.2, -0.15) is 9.97 Å². The number of hydrogen-bond acceptors (Lipinski definition) is 10. The maximum absolute atomic E-state index is 10.7. The van der Waals surface area contributed by atoms with Gasteiger partial charge in [0.2, 0.25) is 5.95 Å². The van der Waals surface area contributed by atoms with Crippen LogP contribution in [0.1, 0.15) is 79.0 Å². The monoisotopic (exact) mass is 951 g/mol. The Kier molecular flexibility index (Phi) is 15.4. The molecule has 53 heavy (non-hydrogen) atoms. The summed E-state index contributed by atoms with van der Waals surface area (Å²) in [6.45, 7) is 20.3. The van der Waals surface area contributed by atoms with Crippen molar-refractivity contribution in [3.63, 3.8) is 0 Å². The normalized spacial score (nSPS) is 12.4. The molecule has 5 aromatic heterocycles. The van der Waals surface area contributed by atoms with Crippen molar-refractivity contribution in [1.29, 1.82) is 0 Å².